The van der Waals surface area contributed by atoms with Gasteiger partial charge in [-0.2, -0.15) is 0 Å². The molecule has 2 amide bonds. The third-order valence-corrected chi connectivity index (χ3v) is 7.34. The molecule has 0 aromatic heterocycles. The van der Waals surface area contributed by atoms with Gasteiger partial charge in [-0.1, -0.05) is 6.07 Å². The first-order valence-electron chi connectivity index (χ1n) is 10.6. The molecule has 1 fully saturated rings. The number of benzene rings is 2. The Labute approximate surface area is 182 Å². The highest BCUT2D eigenvalue weighted by atomic mass is 32.2. The fraction of sp³-hybridized carbons (Fsp3) is 0.391. The second-order valence-electron chi connectivity index (χ2n) is 8.30. The van der Waals surface area contributed by atoms with Gasteiger partial charge in [0.25, 0.3) is 0 Å². The van der Waals surface area contributed by atoms with Gasteiger partial charge in [-0.15, -0.1) is 0 Å². The number of hydrogen-bond donors (Lipinski definition) is 2. The van der Waals surface area contributed by atoms with Gasteiger partial charge in [-0.3, -0.25) is 9.59 Å². The number of rotatable bonds is 7. The van der Waals surface area contributed by atoms with Gasteiger partial charge in [-0.05, 0) is 80.1 Å². The molecule has 1 aliphatic heterocycles. The fourth-order valence-electron chi connectivity index (χ4n) is 3.75. The van der Waals surface area contributed by atoms with E-state index in [0.29, 0.717) is 18.7 Å². The first-order valence-corrected chi connectivity index (χ1v) is 12.0. The lowest BCUT2D eigenvalue weighted by Gasteiger charge is -2.17. The number of fused-ring (bicyclic) bond motifs is 1. The van der Waals surface area contributed by atoms with E-state index in [9.17, 15) is 18.0 Å². The second-order valence-corrected chi connectivity index (χ2v) is 10.1. The number of carbonyl (C=O) groups excluding carboxylic acids is 2. The summed E-state index contributed by atoms with van der Waals surface area (Å²) in [6.07, 6.45) is 2.56. The molecule has 1 heterocycles. The molecule has 0 radical (unpaired) electrons. The highest BCUT2D eigenvalue weighted by molar-refractivity contribution is 7.89. The van der Waals surface area contributed by atoms with E-state index in [-0.39, 0.29) is 35.6 Å². The molecule has 1 aliphatic carbocycles. The molecule has 8 heteroatoms. The normalized spacial score (nSPS) is 15.6. The van der Waals surface area contributed by atoms with E-state index in [1.54, 1.807) is 17.0 Å². The number of anilines is 2. The zero-order chi connectivity index (χ0) is 22.2. The van der Waals surface area contributed by atoms with Crippen LogP contribution in [0.25, 0.3) is 0 Å². The van der Waals surface area contributed by atoms with E-state index in [4.69, 9.17) is 0 Å². The highest BCUT2D eigenvalue weighted by Gasteiger charge is 2.36. The Morgan fingerprint density at radius 2 is 1.84 bits per heavy atom. The summed E-state index contributed by atoms with van der Waals surface area (Å²) in [6, 6.07) is 10.5. The van der Waals surface area contributed by atoms with Crippen LogP contribution in [0.1, 0.15) is 36.0 Å². The predicted molar refractivity (Wildman–Crippen MR) is 120 cm³/mol. The Morgan fingerprint density at radius 1 is 1.06 bits per heavy atom. The van der Waals surface area contributed by atoms with Gasteiger partial charge < -0.3 is 10.2 Å². The highest BCUT2D eigenvalue weighted by Crippen LogP contribution is 2.37. The van der Waals surface area contributed by atoms with Gasteiger partial charge in [0.2, 0.25) is 21.8 Å². The van der Waals surface area contributed by atoms with Crippen molar-refractivity contribution >= 4 is 33.2 Å². The number of aryl methyl sites for hydroxylation is 2. The van der Waals surface area contributed by atoms with Crippen LogP contribution >= 0.6 is 0 Å². The van der Waals surface area contributed by atoms with Crippen molar-refractivity contribution in [2.75, 3.05) is 23.3 Å². The van der Waals surface area contributed by atoms with Crippen molar-refractivity contribution in [2.24, 2.45) is 5.92 Å². The first-order chi connectivity index (χ1) is 14.7. The first kappa shape index (κ1) is 21.5. The molecule has 0 saturated heterocycles. The Morgan fingerprint density at radius 3 is 2.55 bits per heavy atom. The molecule has 2 aliphatic rings. The minimum absolute atomic E-state index is 0.00237. The van der Waals surface area contributed by atoms with Crippen LogP contribution < -0.4 is 14.9 Å². The quantitative estimate of drug-likeness (QED) is 0.691. The molecule has 2 N–H and O–H groups in total. The van der Waals surface area contributed by atoms with Crippen LogP contribution in [-0.4, -0.2) is 33.3 Å². The zero-order valence-corrected chi connectivity index (χ0v) is 18.6. The van der Waals surface area contributed by atoms with Crippen LogP contribution in [0.4, 0.5) is 11.4 Å². The van der Waals surface area contributed by atoms with E-state index in [1.165, 1.54) is 6.07 Å². The lowest BCUT2D eigenvalue weighted by Crippen LogP contribution is -2.30. The van der Waals surface area contributed by atoms with Gasteiger partial charge in [0.15, 0.2) is 0 Å². The van der Waals surface area contributed by atoms with Gasteiger partial charge in [0.1, 0.15) is 0 Å². The smallest absolute Gasteiger partial charge is 0.240 e. The monoisotopic (exact) mass is 441 g/mol. The molecule has 0 bridgehead atoms. The topological polar surface area (TPSA) is 95.6 Å². The van der Waals surface area contributed by atoms with E-state index < -0.39 is 10.0 Å². The lowest BCUT2D eigenvalue weighted by molar-refractivity contribution is -0.119. The lowest BCUT2D eigenvalue weighted by atomic mass is 10.1. The molecular weight excluding hydrogens is 414 g/mol. The van der Waals surface area contributed by atoms with Crippen LogP contribution in [0.5, 0.6) is 0 Å². The maximum Gasteiger partial charge on any atom is 0.240 e. The average molecular weight is 442 g/mol. The van der Waals surface area contributed by atoms with Crippen LogP contribution in [0.3, 0.4) is 0 Å². The fourth-order valence-corrected chi connectivity index (χ4v) is 4.83. The van der Waals surface area contributed by atoms with Gasteiger partial charge in [0.05, 0.1) is 4.90 Å². The largest absolute Gasteiger partial charge is 0.326 e. The molecule has 0 spiro atoms. The summed E-state index contributed by atoms with van der Waals surface area (Å²) in [4.78, 5) is 26.5. The maximum atomic E-state index is 12.7. The Kier molecular flexibility index (Phi) is 5.85. The number of nitrogens with one attached hydrogen (secondary N) is 2. The Hall–Kier alpha value is -2.71. The van der Waals surface area contributed by atoms with Gasteiger partial charge >= 0.3 is 0 Å². The molecule has 4 rings (SSSR count). The van der Waals surface area contributed by atoms with Crippen molar-refractivity contribution in [3.63, 3.8) is 0 Å². The van der Waals surface area contributed by atoms with E-state index in [1.807, 2.05) is 32.0 Å². The summed E-state index contributed by atoms with van der Waals surface area (Å²) in [5, 5.41) is 2.79. The third-order valence-electron chi connectivity index (χ3n) is 5.88. The van der Waals surface area contributed by atoms with Crippen molar-refractivity contribution in [1.82, 2.24) is 4.72 Å². The van der Waals surface area contributed by atoms with Crippen LogP contribution in [-0.2, 0) is 26.0 Å². The standard InChI is InChI=1S/C23H27N3O4S/c1-15-3-6-19(13-16(15)2)25-22(27)9-11-24-31(29,30)20-7-8-21-18(14-20)10-12-26(21)23(28)17-4-5-17/h3,6-8,13-14,17,24H,4-5,9-12H2,1-2H3,(H,25,27). The molecule has 1 saturated carbocycles. The summed E-state index contributed by atoms with van der Waals surface area (Å²) in [7, 11) is -3.74. The summed E-state index contributed by atoms with van der Waals surface area (Å²) in [5.74, 6) is 0.0161. The van der Waals surface area contributed by atoms with Crippen LogP contribution in [0.2, 0.25) is 0 Å². The minimum Gasteiger partial charge on any atom is -0.326 e. The summed E-state index contributed by atoms with van der Waals surface area (Å²) < 4.78 is 27.8. The van der Waals surface area contributed by atoms with Crippen LogP contribution in [0.15, 0.2) is 41.3 Å². The summed E-state index contributed by atoms with van der Waals surface area (Å²) in [5.41, 5.74) is 4.58. The van der Waals surface area contributed by atoms with E-state index >= 15 is 0 Å². The van der Waals surface area contributed by atoms with E-state index in [2.05, 4.69) is 10.0 Å². The van der Waals surface area contributed by atoms with Gasteiger partial charge in [-0.25, -0.2) is 13.1 Å². The molecule has 164 valence electrons. The molecule has 31 heavy (non-hydrogen) atoms. The second kappa shape index (κ2) is 8.43. The number of sulfonamides is 1. The third kappa shape index (κ3) is 4.80. The average Bonchev–Trinajstić information content (AvgIpc) is 3.49. The molecule has 0 unspecified atom stereocenters. The number of nitrogens with zero attached hydrogens (tertiary/aromatic N) is 1. The van der Waals surface area contributed by atoms with Crippen molar-refractivity contribution in [3.8, 4) is 0 Å². The molecular formula is C23H27N3O4S. The molecule has 2 aromatic carbocycles. The summed E-state index contributed by atoms with van der Waals surface area (Å²) in [6.45, 7) is 4.57. The van der Waals surface area contributed by atoms with Crippen molar-refractivity contribution in [2.45, 2.75) is 44.4 Å². The Bertz CT molecular complexity index is 1140. The van der Waals surface area contributed by atoms with Crippen molar-refractivity contribution < 1.29 is 18.0 Å². The molecule has 0 atom stereocenters. The molecule has 2 aromatic rings. The zero-order valence-electron chi connectivity index (χ0n) is 17.8. The maximum absolute atomic E-state index is 12.7. The SMILES string of the molecule is Cc1ccc(NC(=O)CCNS(=O)(=O)c2ccc3c(c2)CCN3C(=O)C2CC2)cc1C. The number of carbonyl (C=O) groups is 2. The van der Waals surface area contributed by atoms with Crippen molar-refractivity contribution in [1.29, 1.82) is 0 Å². The number of amides is 2. The van der Waals surface area contributed by atoms with E-state index in [0.717, 1.165) is 35.2 Å². The van der Waals surface area contributed by atoms with Crippen molar-refractivity contribution in [3.05, 3.63) is 53.1 Å². The molecule has 7 nitrogen and oxygen atoms in total. The predicted octanol–water partition coefficient (Wildman–Crippen LogP) is 2.91. The Balaban J connectivity index is 1.34. The summed E-state index contributed by atoms with van der Waals surface area (Å²) >= 11 is 0. The number of hydrogen-bond acceptors (Lipinski definition) is 4. The minimum atomic E-state index is -3.74. The van der Waals surface area contributed by atoms with Crippen LogP contribution in [0, 0.1) is 19.8 Å². The van der Waals surface area contributed by atoms with Gasteiger partial charge in [0, 0.05) is 36.8 Å².